The summed E-state index contributed by atoms with van der Waals surface area (Å²) in [6, 6.07) is 3.21. The lowest BCUT2D eigenvalue weighted by Gasteiger charge is -2.23. The second-order valence-corrected chi connectivity index (χ2v) is 7.00. The van der Waals surface area contributed by atoms with Crippen molar-refractivity contribution in [2.75, 3.05) is 0 Å². The predicted octanol–water partition coefficient (Wildman–Crippen LogP) is 3.97. The van der Waals surface area contributed by atoms with E-state index in [4.69, 9.17) is 4.74 Å². The average Bonchev–Trinajstić information content (AvgIpc) is 3.09. The van der Waals surface area contributed by atoms with Crippen molar-refractivity contribution in [1.82, 2.24) is 19.5 Å². The van der Waals surface area contributed by atoms with Gasteiger partial charge in [0, 0.05) is 24.4 Å². The molecule has 1 aliphatic rings. The Morgan fingerprint density at radius 2 is 2.04 bits per heavy atom. The smallest absolute Gasteiger partial charge is 0.254 e. The number of aryl methyl sites for hydroxylation is 2. The maximum atomic E-state index is 15.3. The summed E-state index contributed by atoms with van der Waals surface area (Å²) in [4.78, 5) is 23.8. The molecule has 0 aliphatic heterocycles. The standard InChI is InChI=1S/C20H23FN4O2/c1-3-25-16(26)10-9-15-19(25)14(11-22-15)18-17(21)20(24-12(2)23-18)27-13-7-5-4-6-8-13/h9-11,13,22H,3-8H2,1-2H3. The quantitative estimate of drug-likeness (QED) is 0.754. The van der Waals surface area contributed by atoms with Gasteiger partial charge >= 0.3 is 0 Å². The Balaban J connectivity index is 1.84. The minimum Gasteiger partial charge on any atom is -0.472 e. The predicted molar refractivity (Wildman–Crippen MR) is 101 cm³/mol. The van der Waals surface area contributed by atoms with Crippen LogP contribution in [-0.4, -0.2) is 25.6 Å². The number of hydrogen-bond acceptors (Lipinski definition) is 4. The highest BCUT2D eigenvalue weighted by Crippen LogP contribution is 2.33. The minimum atomic E-state index is -0.578. The molecule has 7 heteroatoms. The molecule has 142 valence electrons. The summed E-state index contributed by atoms with van der Waals surface area (Å²) >= 11 is 0. The van der Waals surface area contributed by atoms with Crippen LogP contribution in [0.25, 0.3) is 22.3 Å². The Hall–Kier alpha value is -2.70. The van der Waals surface area contributed by atoms with Gasteiger partial charge in [-0.15, -0.1) is 0 Å². The van der Waals surface area contributed by atoms with Crippen LogP contribution >= 0.6 is 0 Å². The molecule has 3 heterocycles. The summed E-state index contributed by atoms with van der Waals surface area (Å²) in [6.45, 7) is 4.09. The van der Waals surface area contributed by atoms with Gasteiger partial charge in [0.25, 0.3) is 11.4 Å². The molecule has 6 nitrogen and oxygen atoms in total. The van der Waals surface area contributed by atoms with Crippen molar-refractivity contribution < 1.29 is 9.13 Å². The molecule has 27 heavy (non-hydrogen) atoms. The largest absolute Gasteiger partial charge is 0.472 e. The monoisotopic (exact) mass is 370 g/mol. The van der Waals surface area contributed by atoms with Gasteiger partial charge in [-0.2, -0.15) is 9.37 Å². The van der Waals surface area contributed by atoms with E-state index in [-0.39, 0.29) is 23.2 Å². The van der Waals surface area contributed by atoms with Crippen molar-refractivity contribution >= 4 is 11.0 Å². The van der Waals surface area contributed by atoms with E-state index in [0.29, 0.717) is 23.4 Å². The molecule has 0 saturated heterocycles. The average molecular weight is 370 g/mol. The molecular weight excluding hydrogens is 347 g/mol. The van der Waals surface area contributed by atoms with Crippen molar-refractivity contribution in [3.05, 3.63) is 40.3 Å². The zero-order valence-corrected chi connectivity index (χ0v) is 15.6. The number of nitrogens with zero attached hydrogens (tertiary/aromatic N) is 3. The molecule has 1 saturated carbocycles. The van der Waals surface area contributed by atoms with Crippen LogP contribution in [0, 0.1) is 12.7 Å². The first kappa shape index (κ1) is 17.7. The molecule has 0 spiro atoms. The lowest BCUT2D eigenvalue weighted by atomic mass is 9.98. The number of fused-ring (bicyclic) bond motifs is 1. The van der Waals surface area contributed by atoms with Gasteiger partial charge in [-0.25, -0.2) is 4.98 Å². The van der Waals surface area contributed by atoms with Gasteiger partial charge in [-0.3, -0.25) is 4.79 Å². The lowest BCUT2D eigenvalue weighted by Crippen LogP contribution is -2.21. The fraction of sp³-hybridized carbons (Fsp3) is 0.450. The van der Waals surface area contributed by atoms with Crippen molar-refractivity contribution in [1.29, 1.82) is 0 Å². The van der Waals surface area contributed by atoms with Crippen molar-refractivity contribution in [3.63, 3.8) is 0 Å². The number of ether oxygens (including phenoxy) is 1. The number of pyridine rings is 1. The summed E-state index contributed by atoms with van der Waals surface area (Å²) < 4.78 is 22.8. The van der Waals surface area contributed by atoms with Crippen molar-refractivity contribution in [2.45, 2.75) is 58.6 Å². The van der Waals surface area contributed by atoms with Crippen LogP contribution in [0.4, 0.5) is 4.39 Å². The van der Waals surface area contributed by atoms with E-state index < -0.39 is 5.82 Å². The highest BCUT2D eigenvalue weighted by molar-refractivity contribution is 5.92. The van der Waals surface area contributed by atoms with Crippen LogP contribution in [0.5, 0.6) is 5.88 Å². The van der Waals surface area contributed by atoms with E-state index in [1.165, 1.54) is 12.5 Å². The first-order valence-corrected chi connectivity index (χ1v) is 9.50. The summed E-state index contributed by atoms with van der Waals surface area (Å²) in [5, 5.41) is 0. The maximum absolute atomic E-state index is 15.3. The normalized spacial score (nSPS) is 15.4. The number of nitrogens with one attached hydrogen (secondary N) is 1. The van der Waals surface area contributed by atoms with Gasteiger partial charge in [0.1, 0.15) is 17.6 Å². The molecule has 0 aromatic carbocycles. The molecule has 1 aliphatic carbocycles. The van der Waals surface area contributed by atoms with Crippen LogP contribution in [0.15, 0.2) is 23.1 Å². The van der Waals surface area contributed by atoms with Crippen LogP contribution in [0.2, 0.25) is 0 Å². The number of aromatic amines is 1. The third kappa shape index (κ3) is 3.22. The van der Waals surface area contributed by atoms with Crippen LogP contribution in [0.3, 0.4) is 0 Å². The molecule has 0 amide bonds. The van der Waals surface area contributed by atoms with E-state index in [1.54, 1.807) is 23.8 Å². The third-order valence-electron chi connectivity index (χ3n) is 5.15. The second kappa shape index (κ2) is 7.13. The molecule has 0 atom stereocenters. The molecule has 0 radical (unpaired) electrons. The zero-order chi connectivity index (χ0) is 19.0. The molecule has 0 unspecified atom stereocenters. The number of aromatic nitrogens is 4. The van der Waals surface area contributed by atoms with Crippen molar-refractivity contribution in [2.24, 2.45) is 0 Å². The van der Waals surface area contributed by atoms with Crippen LogP contribution < -0.4 is 10.3 Å². The Bertz CT molecular complexity index is 1030. The van der Waals surface area contributed by atoms with Crippen molar-refractivity contribution in [3.8, 4) is 17.1 Å². The third-order valence-corrected chi connectivity index (χ3v) is 5.15. The van der Waals surface area contributed by atoms with Gasteiger partial charge < -0.3 is 14.3 Å². The summed E-state index contributed by atoms with van der Waals surface area (Å²) in [6.07, 6.45) is 6.89. The first-order chi connectivity index (χ1) is 13.1. The molecule has 3 aromatic rings. The fourth-order valence-electron chi connectivity index (χ4n) is 3.83. The summed E-state index contributed by atoms with van der Waals surface area (Å²) in [5.41, 5.74) is 1.98. The minimum absolute atomic E-state index is 0.0000709. The topological polar surface area (TPSA) is 72.8 Å². The highest BCUT2D eigenvalue weighted by Gasteiger charge is 2.23. The Morgan fingerprint density at radius 3 is 2.78 bits per heavy atom. The van der Waals surface area contributed by atoms with Crippen LogP contribution in [-0.2, 0) is 6.54 Å². The fourth-order valence-corrected chi connectivity index (χ4v) is 3.83. The molecule has 1 fully saturated rings. The highest BCUT2D eigenvalue weighted by atomic mass is 19.1. The van der Waals surface area contributed by atoms with Crippen LogP contribution in [0.1, 0.15) is 44.9 Å². The van der Waals surface area contributed by atoms with E-state index in [0.717, 1.165) is 31.2 Å². The number of H-pyrrole nitrogens is 1. The molecule has 3 aromatic heterocycles. The molecular formula is C20H23FN4O2. The van der Waals surface area contributed by atoms with Gasteiger partial charge in [0.15, 0.2) is 0 Å². The Kier molecular flexibility index (Phi) is 4.68. The van der Waals surface area contributed by atoms with Gasteiger partial charge in [-0.1, -0.05) is 6.42 Å². The van der Waals surface area contributed by atoms with E-state index >= 15 is 4.39 Å². The Morgan fingerprint density at radius 1 is 1.26 bits per heavy atom. The Labute approximate surface area is 156 Å². The number of hydrogen-bond donors (Lipinski definition) is 1. The summed E-state index contributed by atoms with van der Waals surface area (Å²) in [7, 11) is 0. The van der Waals surface area contributed by atoms with Gasteiger partial charge in [0.2, 0.25) is 5.82 Å². The maximum Gasteiger partial charge on any atom is 0.254 e. The molecule has 0 bridgehead atoms. The second-order valence-electron chi connectivity index (χ2n) is 7.00. The van der Waals surface area contributed by atoms with E-state index in [1.807, 2.05) is 6.92 Å². The molecule has 4 rings (SSSR count). The first-order valence-electron chi connectivity index (χ1n) is 9.50. The lowest BCUT2D eigenvalue weighted by molar-refractivity contribution is 0.141. The van der Waals surface area contributed by atoms with Gasteiger partial charge in [0.05, 0.1) is 11.0 Å². The summed E-state index contributed by atoms with van der Waals surface area (Å²) in [5.74, 6) is -0.140. The van der Waals surface area contributed by atoms with E-state index in [9.17, 15) is 4.79 Å². The zero-order valence-electron chi connectivity index (χ0n) is 15.6. The molecule has 1 N–H and O–H groups in total. The van der Waals surface area contributed by atoms with E-state index in [2.05, 4.69) is 15.0 Å². The van der Waals surface area contributed by atoms with Gasteiger partial charge in [-0.05, 0) is 45.6 Å². The number of rotatable bonds is 4. The SMILES string of the molecule is CCn1c(=O)ccc2[nH]cc(-c3nc(C)nc(OC4CCCCC4)c3F)c21. The number of halogens is 1.